The number of hydrogen-bond donors (Lipinski definition) is 4. The Morgan fingerprint density at radius 2 is 1.71 bits per heavy atom. The molecule has 3 rings (SSSR count). The molecule has 5 atom stereocenters. The molecule has 1 aliphatic rings. The molecule has 41 heavy (non-hydrogen) atoms. The minimum atomic E-state index is -1.14. The van der Waals surface area contributed by atoms with Gasteiger partial charge in [0.25, 0.3) is 0 Å². The van der Waals surface area contributed by atoms with Crippen molar-refractivity contribution in [3.8, 4) is 11.1 Å². The summed E-state index contributed by atoms with van der Waals surface area (Å²) in [6.07, 6.45) is 2.52. The number of carboxylic acids is 1. The molecule has 8 heteroatoms. The maximum atomic E-state index is 13.1. The van der Waals surface area contributed by atoms with Crippen molar-refractivity contribution in [1.82, 2.24) is 10.6 Å². The second-order valence-electron chi connectivity index (χ2n) is 12.9. The molecule has 2 amide bonds. The van der Waals surface area contributed by atoms with Crippen LogP contribution in [0.25, 0.3) is 11.1 Å². The molecule has 2 aromatic carbocycles. The molecule has 0 aromatic heterocycles. The lowest BCUT2D eigenvalue weighted by Crippen LogP contribution is -2.44. The molecule has 0 saturated heterocycles. The van der Waals surface area contributed by atoms with Crippen LogP contribution in [0.4, 0.5) is 4.79 Å². The number of carboxylic acid groups (broad SMARTS) is 1. The molecule has 1 fully saturated rings. The van der Waals surface area contributed by atoms with Crippen molar-refractivity contribution in [3.63, 3.8) is 0 Å². The summed E-state index contributed by atoms with van der Waals surface area (Å²) in [5.74, 6) is 0.415. The van der Waals surface area contributed by atoms with Crippen LogP contribution in [0.2, 0.25) is 0 Å². The number of amides is 2. The number of ether oxygens (including phenoxy) is 1. The van der Waals surface area contributed by atoms with Crippen LogP contribution in [0.5, 0.6) is 0 Å². The average Bonchev–Trinajstić information content (AvgIpc) is 2.90. The van der Waals surface area contributed by atoms with Crippen LogP contribution < -0.4 is 16.4 Å². The zero-order valence-corrected chi connectivity index (χ0v) is 25.3. The largest absolute Gasteiger partial charge is 0.480 e. The third-order valence-corrected chi connectivity index (χ3v) is 7.86. The Morgan fingerprint density at radius 1 is 1.05 bits per heavy atom. The average molecular weight is 566 g/mol. The molecule has 0 spiro atoms. The molecule has 0 unspecified atom stereocenters. The van der Waals surface area contributed by atoms with Gasteiger partial charge in [0, 0.05) is 24.9 Å². The molecular weight excluding hydrogens is 518 g/mol. The van der Waals surface area contributed by atoms with Gasteiger partial charge in [-0.1, -0.05) is 69.7 Å². The molecule has 2 aromatic rings. The van der Waals surface area contributed by atoms with E-state index in [0.29, 0.717) is 24.3 Å². The minimum Gasteiger partial charge on any atom is -0.480 e. The lowest BCUT2D eigenvalue weighted by molar-refractivity contribution is -0.139. The Labute approximate surface area is 244 Å². The zero-order valence-electron chi connectivity index (χ0n) is 25.3. The number of carbonyl (C=O) groups is 3. The molecule has 5 N–H and O–H groups in total. The summed E-state index contributed by atoms with van der Waals surface area (Å²) in [4.78, 5) is 37.2. The van der Waals surface area contributed by atoms with Crippen molar-refractivity contribution < 1.29 is 24.2 Å². The van der Waals surface area contributed by atoms with E-state index in [1.807, 2.05) is 48.5 Å². The molecule has 8 nitrogen and oxygen atoms in total. The van der Waals surface area contributed by atoms with Crippen LogP contribution in [0.1, 0.15) is 78.0 Å². The van der Waals surface area contributed by atoms with Gasteiger partial charge in [0.05, 0.1) is 0 Å². The van der Waals surface area contributed by atoms with Crippen molar-refractivity contribution in [2.24, 2.45) is 29.4 Å². The van der Waals surface area contributed by atoms with Crippen LogP contribution >= 0.6 is 0 Å². The number of aliphatic carboxylic acids is 1. The van der Waals surface area contributed by atoms with Gasteiger partial charge in [0.2, 0.25) is 5.91 Å². The summed E-state index contributed by atoms with van der Waals surface area (Å²) >= 11 is 0. The third kappa shape index (κ3) is 9.59. The highest BCUT2D eigenvalue weighted by Crippen LogP contribution is 2.38. The first-order chi connectivity index (χ1) is 19.2. The van der Waals surface area contributed by atoms with E-state index in [9.17, 15) is 19.5 Å². The quantitative estimate of drug-likeness (QED) is 0.292. The van der Waals surface area contributed by atoms with Crippen LogP contribution in [-0.4, -0.2) is 41.3 Å². The summed E-state index contributed by atoms with van der Waals surface area (Å²) < 4.78 is 5.22. The monoisotopic (exact) mass is 565 g/mol. The van der Waals surface area contributed by atoms with E-state index in [2.05, 4.69) is 31.4 Å². The first-order valence-electron chi connectivity index (χ1n) is 14.7. The van der Waals surface area contributed by atoms with Crippen molar-refractivity contribution in [2.45, 2.75) is 84.9 Å². The Hall–Kier alpha value is -3.39. The van der Waals surface area contributed by atoms with Crippen molar-refractivity contribution in [3.05, 3.63) is 59.7 Å². The van der Waals surface area contributed by atoms with E-state index in [1.54, 1.807) is 20.8 Å². The lowest BCUT2D eigenvalue weighted by Gasteiger charge is -2.36. The fourth-order valence-corrected chi connectivity index (χ4v) is 5.68. The number of rotatable bonds is 10. The molecule has 224 valence electrons. The van der Waals surface area contributed by atoms with Gasteiger partial charge in [0.15, 0.2) is 0 Å². The maximum absolute atomic E-state index is 13.1. The molecule has 1 aliphatic carbocycles. The standard InChI is InChI=1S/C33H47N3O5/c1-20(2)26-14-13-21(3)15-27(26)30(37)35-19-28(34)25-12-8-11-24(18-25)23-10-7-9-22(16-23)17-29(31(38)39)36-32(40)41-33(4,5)6/h7-12,16,18,20-21,26-29H,13-15,17,19,34H2,1-6H3,(H,35,37)(H,36,40)(H,38,39)/t21-,26+,27-,28-,29-/m1/s1. The Bertz CT molecular complexity index is 1210. The van der Waals surface area contributed by atoms with Crippen molar-refractivity contribution >= 4 is 18.0 Å². The summed E-state index contributed by atoms with van der Waals surface area (Å²) in [5.41, 5.74) is 9.29. The SMILES string of the molecule is CC(C)[C@@H]1CC[C@@H](C)C[C@H]1C(=O)NC[C@@H](N)c1cccc(-c2cccc(C[C@@H](NC(=O)OC(C)(C)C)C(=O)O)c2)c1. The number of hydrogen-bond acceptors (Lipinski definition) is 5. The molecule has 0 bridgehead atoms. The predicted molar refractivity (Wildman–Crippen MR) is 161 cm³/mol. The Morgan fingerprint density at radius 3 is 2.34 bits per heavy atom. The first-order valence-corrected chi connectivity index (χ1v) is 14.7. The van der Waals surface area contributed by atoms with Crippen LogP contribution in [-0.2, 0) is 20.7 Å². The first kappa shape index (κ1) is 32.1. The van der Waals surface area contributed by atoms with Crippen molar-refractivity contribution in [2.75, 3.05) is 6.54 Å². The summed E-state index contributed by atoms with van der Waals surface area (Å²) in [6, 6.07) is 13.9. The van der Waals surface area contributed by atoms with Gasteiger partial charge in [-0.2, -0.15) is 0 Å². The topological polar surface area (TPSA) is 131 Å². The molecule has 0 aliphatic heterocycles. The van der Waals surface area contributed by atoms with Gasteiger partial charge in [-0.3, -0.25) is 4.79 Å². The maximum Gasteiger partial charge on any atom is 0.408 e. The molecule has 1 saturated carbocycles. The van der Waals surface area contributed by atoms with E-state index in [1.165, 1.54) is 6.42 Å². The number of nitrogens with two attached hydrogens (primary N) is 1. The summed E-state index contributed by atoms with van der Waals surface area (Å²) in [7, 11) is 0. The highest BCUT2D eigenvalue weighted by molar-refractivity contribution is 5.80. The second kappa shape index (κ2) is 14.0. The molecule has 0 radical (unpaired) electrons. The third-order valence-electron chi connectivity index (χ3n) is 7.86. The number of carbonyl (C=O) groups excluding carboxylic acids is 2. The Balaban J connectivity index is 1.67. The normalized spacial score (nSPS) is 20.6. The van der Waals surface area contributed by atoms with Crippen LogP contribution in [0.15, 0.2) is 48.5 Å². The molecule has 0 heterocycles. The van der Waals surface area contributed by atoms with Gasteiger partial charge in [-0.15, -0.1) is 0 Å². The smallest absolute Gasteiger partial charge is 0.408 e. The van der Waals surface area contributed by atoms with Crippen molar-refractivity contribution in [1.29, 1.82) is 0 Å². The number of benzene rings is 2. The highest BCUT2D eigenvalue weighted by Gasteiger charge is 2.35. The van der Waals surface area contributed by atoms with Gasteiger partial charge in [-0.25, -0.2) is 9.59 Å². The van der Waals surface area contributed by atoms with E-state index < -0.39 is 23.7 Å². The van der Waals surface area contributed by atoms with E-state index in [4.69, 9.17) is 10.5 Å². The Kier molecular flexibility index (Phi) is 11.0. The van der Waals surface area contributed by atoms with Gasteiger partial charge in [0.1, 0.15) is 11.6 Å². The number of nitrogens with one attached hydrogen (secondary N) is 2. The fourth-order valence-electron chi connectivity index (χ4n) is 5.68. The van der Waals surface area contributed by atoms with Gasteiger partial charge >= 0.3 is 12.1 Å². The summed E-state index contributed by atoms with van der Waals surface area (Å²) in [6.45, 7) is 12.1. The number of alkyl carbamates (subject to hydrolysis) is 1. The van der Waals surface area contributed by atoms with E-state index in [0.717, 1.165) is 35.1 Å². The minimum absolute atomic E-state index is 0.0273. The molecular formula is C33H47N3O5. The fraction of sp³-hybridized carbons (Fsp3) is 0.545. The van der Waals surface area contributed by atoms with Gasteiger partial charge < -0.3 is 26.2 Å². The lowest BCUT2D eigenvalue weighted by atomic mass is 9.70. The summed E-state index contributed by atoms with van der Waals surface area (Å²) in [5, 5.41) is 15.3. The predicted octanol–water partition coefficient (Wildman–Crippen LogP) is 5.70. The van der Waals surface area contributed by atoms with E-state index >= 15 is 0 Å². The van der Waals surface area contributed by atoms with Crippen LogP contribution in [0.3, 0.4) is 0 Å². The zero-order chi connectivity index (χ0) is 30.3. The highest BCUT2D eigenvalue weighted by atomic mass is 16.6. The van der Waals surface area contributed by atoms with Gasteiger partial charge in [-0.05, 0) is 79.7 Å². The van der Waals surface area contributed by atoms with E-state index in [-0.39, 0.29) is 24.3 Å². The second-order valence-corrected chi connectivity index (χ2v) is 12.9. The van der Waals surface area contributed by atoms with Crippen LogP contribution in [0, 0.1) is 23.7 Å².